The Morgan fingerprint density at radius 3 is 0.971 bits per heavy atom. The molecule has 6 heteroatoms. The second kappa shape index (κ2) is 60.2. The molecule has 3 N–H and O–H groups in total. The number of allylic oxidation sites excluding steroid dienone is 1. The standard InChI is InChI=1S/C64H125NO5/c1-3-5-7-9-11-13-15-17-19-21-22-26-30-34-38-42-46-50-54-58-64(69)70-59-55-51-47-43-39-35-31-27-23-25-29-33-37-41-45-49-53-57-63(68)65-61(60-66)62(67)56-52-48-44-40-36-32-28-24-20-18-16-14-12-10-8-6-4-2/h52,56,61-62,66-67H,3-51,53-55,57-60H2,1-2H3,(H,65,68)/b56-52+. The van der Waals surface area contributed by atoms with Crippen molar-refractivity contribution in [3.63, 3.8) is 0 Å². The zero-order valence-electron chi connectivity index (χ0n) is 47.5. The highest BCUT2D eigenvalue weighted by atomic mass is 16.5. The van der Waals surface area contributed by atoms with E-state index in [4.69, 9.17) is 4.74 Å². The number of rotatable bonds is 60. The molecule has 2 unspecified atom stereocenters. The Morgan fingerprint density at radius 2 is 0.657 bits per heavy atom. The molecule has 0 spiro atoms. The monoisotopic (exact) mass is 988 g/mol. The number of esters is 1. The molecular weight excluding hydrogens is 863 g/mol. The summed E-state index contributed by atoms with van der Waals surface area (Å²) in [5.74, 6) is -0.0599. The molecule has 0 heterocycles. The molecule has 0 aromatic carbocycles. The normalized spacial score (nSPS) is 12.6. The molecular formula is C64H125NO5. The maximum Gasteiger partial charge on any atom is 0.305 e. The Morgan fingerprint density at radius 1 is 0.386 bits per heavy atom. The van der Waals surface area contributed by atoms with Crippen LogP contribution in [0.1, 0.15) is 361 Å². The fourth-order valence-electron chi connectivity index (χ4n) is 10.2. The lowest BCUT2D eigenvalue weighted by Crippen LogP contribution is -2.45. The van der Waals surface area contributed by atoms with E-state index in [0.717, 1.165) is 38.5 Å². The summed E-state index contributed by atoms with van der Waals surface area (Å²) in [5, 5.41) is 23.2. The van der Waals surface area contributed by atoms with Crippen molar-refractivity contribution in [3.8, 4) is 0 Å². The molecule has 1 amide bonds. The predicted molar refractivity (Wildman–Crippen MR) is 306 cm³/mol. The third-order valence-electron chi connectivity index (χ3n) is 15.1. The van der Waals surface area contributed by atoms with E-state index >= 15 is 0 Å². The van der Waals surface area contributed by atoms with Crippen molar-refractivity contribution in [2.24, 2.45) is 0 Å². The molecule has 0 rings (SSSR count). The van der Waals surface area contributed by atoms with Gasteiger partial charge in [0.1, 0.15) is 0 Å². The number of hydrogen-bond donors (Lipinski definition) is 3. The number of aliphatic hydroxyl groups excluding tert-OH is 2. The second-order valence-corrected chi connectivity index (χ2v) is 22.1. The van der Waals surface area contributed by atoms with Gasteiger partial charge >= 0.3 is 5.97 Å². The maximum absolute atomic E-state index is 12.5. The molecule has 0 aliphatic rings. The van der Waals surface area contributed by atoms with Crippen molar-refractivity contribution in [2.45, 2.75) is 373 Å². The molecule has 0 aromatic rings. The Bertz CT molecular complexity index is 1050. The van der Waals surface area contributed by atoms with E-state index in [9.17, 15) is 19.8 Å². The Kier molecular flexibility index (Phi) is 59.0. The third kappa shape index (κ3) is 55.9. The maximum atomic E-state index is 12.5. The fourth-order valence-corrected chi connectivity index (χ4v) is 10.2. The Balaban J connectivity index is 3.40. The first-order valence-electron chi connectivity index (χ1n) is 32.0. The molecule has 0 radical (unpaired) electrons. The first-order valence-corrected chi connectivity index (χ1v) is 32.0. The largest absolute Gasteiger partial charge is 0.466 e. The third-order valence-corrected chi connectivity index (χ3v) is 15.1. The lowest BCUT2D eigenvalue weighted by molar-refractivity contribution is -0.143. The number of aliphatic hydroxyl groups is 2. The van der Waals surface area contributed by atoms with Crippen molar-refractivity contribution < 1.29 is 24.5 Å². The molecule has 416 valence electrons. The van der Waals surface area contributed by atoms with Crippen LogP contribution in [-0.4, -0.2) is 47.4 Å². The van der Waals surface area contributed by atoms with Crippen molar-refractivity contribution >= 4 is 11.9 Å². The van der Waals surface area contributed by atoms with Gasteiger partial charge in [-0.2, -0.15) is 0 Å². The summed E-state index contributed by atoms with van der Waals surface area (Å²) in [6, 6.07) is -0.631. The number of nitrogens with one attached hydrogen (secondary N) is 1. The van der Waals surface area contributed by atoms with Crippen LogP contribution in [0.25, 0.3) is 0 Å². The van der Waals surface area contributed by atoms with Crippen LogP contribution >= 0.6 is 0 Å². The average molecular weight is 989 g/mol. The van der Waals surface area contributed by atoms with Gasteiger partial charge < -0.3 is 20.3 Å². The molecule has 0 bridgehead atoms. The number of carbonyl (C=O) groups excluding carboxylic acids is 2. The molecule has 0 fully saturated rings. The molecule has 0 saturated heterocycles. The predicted octanol–water partition coefficient (Wildman–Crippen LogP) is 20.0. The zero-order valence-corrected chi connectivity index (χ0v) is 47.5. The fraction of sp³-hybridized carbons (Fsp3) is 0.938. The van der Waals surface area contributed by atoms with E-state index in [1.54, 1.807) is 6.08 Å². The van der Waals surface area contributed by atoms with Crippen LogP contribution in [0.3, 0.4) is 0 Å². The summed E-state index contributed by atoms with van der Waals surface area (Å²) in [5.41, 5.74) is 0. The van der Waals surface area contributed by atoms with Crippen molar-refractivity contribution in [1.29, 1.82) is 0 Å². The first kappa shape index (κ1) is 68.6. The topological polar surface area (TPSA) is 95.9 Å². The SMILES string of the molecule is CCCCCCCCCCCCCCCCC/C=C/C(O)C(CO)NC(=O)CCCCCCCCCCCCCCCCCCCOC(=O)CCCCCCCCCCCCCCCCCCCCC. The first-order chi connectivity index (χ1) is 34.5. The lowest BCUT2D eigenvalue weighted by Gasteiger charge is -2.20. The van der Waals surface area contributed by atoms with E-state index < -0.39 is 12.1 Å². The molecule has 0 aromatic heterocycles. The van der Waals surface area contributed by atoms with Crippen molar-refractivity contribution in [2.75, 3.05) is 13.2 Å². The highest BCUT2D eigenvalue weighted by Gasteiger charge is 2.18. The number of unbranched alkanes of at least 4 members (excludes halogenated alkanes) is 49. The van der Waals surface area contributed by atoms with Gasteiger partial charge in [0.05, 0.1) is 25.4 Å². The Hall–Kier alpha value is -1.40. The van der Waals surface area contributed by atoms with Crippen molar-refractivity contribution in [1.82, 2.24) is 5.32 Å². The summed E-state index contributed by atoms with van der Waals surface area (Å²) >= 11 is 0. The molecule has 0 aliphatic heterocycles. The molecule has 6 nitrogen and oxygen atoms in total. The highest BCUT2D eigenvalue weighted by Crippen LogP contribution is 2.18. The summed E-state index contributed by atoms with van der Waals surface area (Å²) in [6.07, 6.45) is 72.5. The number of ether oxygens (including phenoxy) is 1. The number of carbonyl (C=O) groups is 2. The van der Waals surface area contributed by atoms with Crippen LogP contribution in [0.5, 0.6) is 0 Å². The highest BCUT2D eigenvalue weighted by molar-refractivity contribution is 5.76. The second-order valence-electron chi connectivity index (χ2n) is 22.1. The van der Waals surface area contributed by atoms with Crippen molar-refractivity contribution in [3.05, 3.63) is 12.2 Å². The summed E-state index contributed by atoms with van der Waals surface area (Å²) < 4.78 is 5.50. The quantitative estimate of drug-likeness (QED) is 0.0321. The van der Waals surface area contributed by atoms with Gasteiger partial charge in [-0.05, 0) is 32.1 Å². The number of hydrogen-bond acceptors (Lipinski definition) is 5. The molecule has 70 heavy (non-hydrogen) atoms. The zero-order chi connectivity index (χ0) is 50.7. The number of amides is 1. The molecule has 2 atom stereocenters. The van der Waals surface area contributed by atoms with Gasteiger partial charge in [0, 0.05) is 12.8 Å². The van der Waals surface area contributed by atoms with Crippen LogP contribution in [0, 0.1) is 0 Å². The molecule has 0 saturated carbocycles. The van der Waals surface area contributed by atoms with Crippen LogP contribution in [0.2, 0.25) is 0 Å². The van der Waals surface area contributed by atoms with Gasteiger partial charge in [0.15, 0.2) is 0 Å². The minimum absolute atomic E-state index is 0.0101. The minimum Gasteiger partial charge on any atom is -0.466 e. The molecule has 0 aliphatic carbocycles. The van der Waals surface area contributed by atoms with Gasteiger partial charge in [-0.1, -0.05) is 328 Å². The average Bonchev–Trinajstić information content (AvgIpc) is 3.36. The van der Waals surface area contributed by atoms with E-state index in [2.05, 4.69) is 19.2 Å². The van der Waals surface area contributed by atoms with Crippen LogP contribution < -0.4 is 5.32 Å². The smallest absolute Gasteiger partial charge is 0.305 e. The Labute approximate surface area is 438 Å². The van der Waals surface area contributed by atoms with E-state index in [-0.39, 0.29) is 18.5 Å². The van der Waals surface area contributed by atoms with Crippen LogP contribution in [0.4, 0.5) is 0 Å². The lowest BCUT2D eigenvalue weighted by atomic mass is 10.0. The van der Waals surface area contributed by atoms with E-state index in [1.165, 1.54) is 295 Å². The summed E-state index contributed by atoms with van der Waals surface area (Å²) in [6.45, 7) is 4.93. The van der Waals surface area contributed by atoms with E-state index in [0.29, 0.717) is 19.4 Å². The van der Waals surface area contributed by atoms with Gasteiger partial charge in [0.2, 0.25) is 5.91 Å². The summed E-state index contributed by atoms with van der Waals surface area (Å²) in [4.78, 5) is 24.6. The van der Waals surface area contributed by atoms with Gasteiger partial charge in [-0.15, -0.1) is 0 Å². The minimum atomic E-state index is -0.847. The van der Waals surface area contributed by atoms with Gasteiger partial charge in [-0.3, -0.25) is 9.59 Å². The van der Waals surface area contributed by atoms with Crippen LogP contribution in [-0.2, 0) is 14.3 Å². The van der Waals surface area contributed by atoms with Gasteiger partial charge in [-0.25, -0.2) is 0 Å². The van der Waals surface area contributed by atoms with E-state index in [1.807, 2.05) is 6.08 Å². The van der Waals surface area contributed by atoms with Gasteiger partial charge in [0.25, 0.3) is 0 Å². The van der Waals surface area contributed by atoms with Crippen LogP contribution in [0.15, 0.2) is 12.2 Å². The summed E-state index contributed by atoms with van der Waals surface area (Å²) in [7, 11) is 0.